The van der Waals surface area contributed by atoms with Gasteiger partial charge in [-0.05, 0) is 54.6 Å². The predicted octanol–water partition coefficient (Wildman–Crippen LogP) is 2.96. The lowest BCUT2D eigenvalue weighted by atomic mass is 10.1. The van der Waals surface area contributed by atoms with Gasteiger partial charge < -0.3 is 5.32 Å². The Morgan fingerprint density at radius 1 is 0.844 bits per heavy atom. The van der Waals surface area contributed by atoms with E-state index in [0.717, 1.165) is 5.56 Å². The second-order valence-electron chi connectivity index (χ2n) is 6.93. The van der Waals surface area contributed by atoms with Crippen molar-refractivity contribution in [2.45, 2.75) is 13.1 Å². The van der Waals surface area contributed by atoms with Gasteiger partial charge in [0.1, 0.15) is 24.5 Å². The number of benzene rings is 2. The number of hydrogen-bond donors (Lipinski definition) is 1. The van der Waals surface area contributed by atoms with Crippen LogP contribution >= 0.6 is 0 Å². The van der Waals surface area contributed by atoms with Crippen LogP contribution in [-0.4, -0.2) is 25.4 Å². The number of halogens is 2. The van der Waals surface area contributed by atoms with E-state index in [9.17, 15) is 18.4 Å². The summed E-state index contributed by atoms with van der Waals surface area (Å²) in [5.74, 6) is -1.12. The lowest BCUT2D eigenvalue weighted by Gasteiger charge is -2.08. The number of carbonyl (C=O) groups is 1. The van der Waals surface area contributed by atoms with Crippen molar-refractivity contribution in [3.05, 3.63) is 101 Å². The van der Waals surface area contributed by atoms with Crippen LogP contribution in [0.3, 0.4) is 0 Å². The molecule has 0 aliphatic carbocycles. The molecule has 0 radical (unpaired) electrons. The minimum absolute atomic E-state index is 0.130. The third kappa shape index (κ3) is 5.07. The first-order valence-corrected chi connectivity index (χ1v) is 9.64. The number of rotatable bonds is 6. The number of aromatic nitrogens is 4. The molecule has 0 fully saturated rings. The summed E-state index contributed by atoms with van der Waals surface area (Å²) in [4.78, 5) is 37.1. The highest BCUT2D eigenvalue weighted by Crippen LogP contribution is 2.17. The second-order valence-corrected chi connectivity index (χ2v) is 6.93. The van der Waals surface area contributed by atoms with Crippen molar-refractivity contribution in [3.8, 4) is 22.5 Å². The van der Waals surface area contributed by atoms with Crippen molar-refractivity contribution in [1.29, 1.82) is 0 Å². The molecule has 0 saturated heterocycles. The monoisotopic (exact) mass is 433 g/mol. The minimum atomic E-state index is -0.407. The quantitative estimate of drug-likeness (QED) is 0.505. The minimum Gasteiger partial charge on any atom is -0.349 e. The van der Waals surface area contributed by atoms with E-state index in [1.807, 2.05) is 0 Å². The Labute approximate surface area is 181 Å². The molecule has 0 bridgehead atoms. The van der Waals surface area contributed by atoms with Gasteiger partial charge in [-0.25, -0.2) is 23.7 Å². The van der Waals surface area contributed by atoms with Gasteiger partial charge in [0.25, 0.3) is 5.56 Å². The van der Waals surface area contributed by atoms with Crippen LogP contribution in [0.25, 0.3) is 22.5 Å². The Morgan fingerprint density at radius 3 is 2.03 bits per heavy atom. The molecule has 2 heterocycles. The van der Waals surface area contributed by atoms with Gasteiger partial charge in [0, 0.05) is 17.2 Å². The van der Waals surface area contributed by atoms with Gasteiger partial charge in [-0.3, -0.25) is 14.2 Å². The molecule has 4 rings (SSSR count). The lowest BCUT2D eigenvalue weighted by molar-refractivity contribution is -0.121. The van der Waals surface area contributed by atoms with Crippen LogP contribution < -0.4 is 10.9 Å². The van der Waals surface area contributed by atoms with Gasteiger partial charge in [0.15, 0.2) is 0 Å². The third-order valence-corrected chi connectivity index (χ3v) is 4.66. The van der Waals surface area contributed by atoms with E-state index < -0.39 is 11.5 Å². The Morgan fingerprint density at radius 2 is 1.44 bits per heavy atom. The first-order chi connectivity index (χ1) is 15.5. The maximum atomic E-state index is 13.1. The van der Waals surface area contributed by atoms with Crippen LogP contribution in [0.15, 0.2) is 78.1 Å². The summed E-state index contributed by atoms with van der Waals surface area (Å²) in [5, 5.41) is 2.70. The summed E-state index contributed by atoms with van der Waals surface area (Å²) in [6, 6.07) is 14.5. The third-order valence-electron chi connectivity index (χ3n) is 4.66. The van der Waals surface area contributed by atoms with E-state index in [1.165, 1.54) is 59.7 Å². The average Bonchev–Trinajstić information content (AvgIpc) is 2.80. The van der Waals surface area contributed by atoms with Gasteiger partial charge in [0.2, 0.25) is 5.91 Å². The zero-order chi connectivity index (χ0) is 22.5. The molecule has 0 unspecified atom stereocenters. The first-order valence-electron chi connectivity index (χ1n) is 9.64. The summed E-state index contributed by atoms with van der Waals surface area (Å²) >= 11 is 0. The van der Waals surface area contributed by atoms with E-state index in [-0.39, 0.29) is 24.7 Å². The molecule has 2 aromatic carbocycles. The highest BCUT2D eigenvalue weighted by molar-refractivity contribution is 5.75. The second kappa shape index (κ2) is 9.25. The van der Waals surface area contributed by atoms with Crippen molar-refractivity contribution in [1.82, 2.24) is 24.8 Å². The molecule has 1 N–H and O–H groups in total. The smallest absolute Gasteiger partial charge is 0.254 e. The van der Waals surface area contributed by atoms with Crippen molar-refractivity contribution in [2.24, 2.45) is 0 Å². The molecule has 0 atom stereocenters. The Hall–Kier alpha value is -4.27. The SMILES string of the molecule is O=C(Cn1cnc(-c2ccc(F)cc2)cc1=O)NCc1cc(-c2ccc(F)cc2)ncn1. The Bertz CT molecular complexity index is 1310. The van der Waals surface area contributed by atoms with E-state index in [4.69, 9.17) is 0 Å². The fourth-order valence-corrected chi connectivity index (χ4v) is 3.00. The van der Waals surface area contributed by atoms with Gasteiger partial charge in [-0.2, -0.15) is 0 Å². The molecule has 7 nitrogen and oxygen atoms in total. The van der Waals surface area contributed by atoms with Gasteiger partial charge in [-0.1, -0.05) is 0 Å². The Balaban J connectivity index is 1.39. The molecule has 2 aromatic heterocycles. The van der Waals surface area contributed by atoms with Crippen LogP contribution in [0.2, 0.25) is 0 Å². The van der Waals surface area contributed by atoms with Gasteiger partial charge in [-0.15, -0.1) is 0 Å². The number of amides is 1. The summed E-state index contributed by atoms with van der Waals surface area (Å²) in [6.45, 7) is -0.0865. The fourth-order valence-electron chi connectivity index (χ4n) is 3.00. The lowest BCUT2D eigenvalue weighted by Crippen LogP contribution is -2.32. The molecule has 9 heteroatoms. The number of nitrogens with zero attached hydrogens (tertiary/aromatic N) is 4. The van der Waals surface area contributed by atoms with Crippen LogP contribution in [0, 0.1) is 11.6 Å². The predicted molar refractivity (Wildman–Crippen MR) is 113 cm³/mol. The molecular weight excluding hydrogens is 416 g/mol. The van der Waals surface area contributed by atoms with E-state index in [1.54, 1.807) is 18.2 Å². The summed E-state index contributed by atoms with van der Waals surface area (Å²) in [6.07, 6.45) is 2.64. The molecule has 1 amide bonds. The highest BCUT2D eigenvalue weighted by Gasteiger charge is 2.09. The Kier molecular flexibility index (Phi) is 6.07. The normalized spacial score (nSPS) is 10.7. The number of nitrogens with one attached hydrogen (secondary N) is 1. The number of carbonyl (C=O) groups excluding carboxylic acids is 1. The standard InChI is InChI=1S/C23H17F2N5O2/c24-17-5-1-15(2-6-17)20-9-19(27-13-28-20)11-26-22(31)12-30-14-29-21(10-23(30)32)16-3-7-18(25)8-4-16/h1-10,13-14H,11-12H2,(H,26,31). The molecule has 160 valence electrons. The fraction of sp³-hybridized carbons (Fsp3) is 0.0870. The summed E-state index contributed by atoms with van der Waals surface area (Å²) < 4.78 is 27.3. The molecule has 0 aliphatic heterocycles. The van der Waals surface area contributed by atoms with E-state index >= 15 is 0 Å². The van der Waals surface area contributed by atoms with Crippen molar-refractivity contribution in [3.63, 3.8) is 0 Å². The van der Waals surface area contributed by atoms with Crippen LogP contribution in [0.1, 0.15) is 5.69 Å². The van der Waals surface area contributed by atoms with Crippen LogP contribution in [0.5, 0.6) is 0 Å². The molecular formula is C23H17F2N5O2. The summed E-state index contributed by atoms with van der Waals surface area (Å²) in [5.41, 5.74) is 2.46. The summed E-state index contributed by atoms with van der Waals surface area (Å²) in [7, 11) is 0. The largest absolute Gasteiger partial charge is 0.349 e. The van der Waals surface area contributed by atoms with E-state index in [0.29, 0.717) is 22.6 Å². The van der Waals surface area contributed by atoms with Crippen LogP contribution in [0.4, 0.5) is 8.78 Å². The maximum Gasteiger partial charge on any atom is 0.254 e. The molecule has 0 saturated carbocycles. The van der Waals surface area contributed by atoms with Crippen LogP contribution in [-0.2, 0) is 17.9 Å². The van der Waals surface area contributed by atoms with Crippen molar-refractivity contribution in [2.75, 3.05) is 0 Å². The highest BCUT2D eigenvalue weighted by atomic mass is 19.1. The zero-order valence-electron chi connectivity index (χ0n) is 16.7. The number of hydrogen-bond acceptors (Lipinski definition) is 5. The topological polar surface area (TPSA) is 89.8 Å². The van der Waals surface area contributed by atoms with Crippen molar-refractivity contribution < 1.29 is 13.6 Å². The van der Waals surface area contributed by atoms with Gasteiger partial charge >= 0.3 is 0 Å². The van der Waals surface area contributed by atoms with E-state index in [2.05, 4.69) is 20.3 Å². The van der Waals surface area contributed by atoms with Gasteiger partial charge in [0.05, 0.1) is 30.0 Å². The van der Waals surface area contributed by atoms with Crippen molar-refractivity contribution >= 4 is 5.91 Å². The maximum absolute atomic E-state index is 13.1. The molecule has 0 spiro atoms. The molecule has 0 aliphatic rings. The first kappa shape index (κ1) is 21.0. The average molecular weight is 433 g/mol. The molecule has 32 heavy (non-hydrogen) atoms. The zero-order valence-corrected chi connectivity index (χ0v) is 16.7. The molecule has 4 aromatic rings.